The van der Waals surface area contributed by atoms with Crippen molar-refractivity contribution in [3.8, 4) is 5.75 Å². The molecule has 2 aromatic carbocycles. The molecule has 150 valence electrons. The third-order valence-corrected chi connectivity index (χ3v) is 3.71. The number of quaternary nitrogens is 1. The number of ether oxygens (including phenoxy) is 2. The normalized spacial score (nSPS) is 12.2. The summed E-state index contributed by atoms with van der Waals surface area (Å²) >= 11 is 0. The smallest absolute Gasteiger partial charge is 0.465 e. The van der Waals surface area contributed by atoms with E-state index in [0.29, 0.717) is 17.8 Å². The highest BCUT2D eigenvalue weighted by Crippen LogP contribution is 2.23. The number of hydrogen-bond acceptors (Lipinski definition) is 4. The van der Waals surface area contributed by atoms with Crippen molar-refractivity contribution < 1.29 is 37.1 Å². The van der Waals surface area contributed by atoms with E-state index in [1.54, 1.807) is 24.3 Å². The maximum absolute atomic E-state index is 12.1. The number of anilines is 1. The summed E-state index contributed by atoms with van der Waals surface area (Å²) in [5.41, 5.74) is 1.75. The van der Waals surface area contributed by atoms with Gasteiger partial charge in [0.05, 0.1) is 19.7 Å². The number of carbonyl (C=O) groups is 2. The number of benzene rings is 2. The molecule has 0 saturated heterocycles. The summed E-state index contributed by atoms with van der Waals surface area (Å²) in [4.78, 5) is 24.4. The molecule has 0 fully saturated rings. The van der Waals surface area contributed by atoms with Crippen molar-refractivity contribution >= 4 is 17.6 Å². The fourth-order valence-electron chi connectivity index (χ4n) is 2.51. The summed E-state index contributed by atoms with van der Waals surface area (Å²) in [5, 5.41) is 2.62. The second kappa shape index (κ2) is 9.23. The van der Waals surface area contributed by atoms with Crippen LogP contribution in [0.5, 0.6) is 5.75 Å². The van der Waals surface area contributed by atoms with Gasteiger partial charge in [-0.3, -0.25) is 4.79 Å². The lowest BCUT2D eigenvalue weighted by molar-refractivity contribution is -0.885. The fraction of sp³-hybridized carbons (Fsp3) is 0.263. The van der Waals surface area contributed by atoms with Crippen LogP contribution in [-0.2, 0) is 16.1 Å². The summed E-state index contributed by atoms with van der Waals surface area (Å²) in [6.45, 7) is 0.701. The molecule has 0 aliphatic rings. The van der Waals surface area contributed by atoms with Crippen molar-refractivity contribution in [2.45, 2.75) is 12.9 Å². The molecule has 0 bridgehead atoms. The van der Waals surface area contributed by atoms with Gasteiger partial charge in [0, 0.05) is 11.3 Å². The topological polar surface area (TPSA) is 69.1 Å². The van der Waals surface area contributed by atoms with E-state index in [0.717, 1.165) is 22.6 Å². The molecule has 1 unspecified atom stereocenters. The minimum Gasteiger partial charge on any atom is -0.465 e. The Morgan fingerprint density at radius 2 is 1.64 bits per heavy atom. The first kappa shape index (κ1) is 21.2. The third-order valence-electron chi connectivity index (χ3n) is 3.71. The molecule has 0 heterocycles. The van der Waals surface area contributed by atoms with Crippen LogP contribution in [0.15, 0.2) is 48.5 Å². The number of rotatable bonds is 7. The third kappa shape index (κ3) is 6.92. The van der Waals surface area contributed by atoms with E-state index in [-0.39, 0.29) is 18.2 Å². The van der Waals surface area contributed by atoms with Gasteiger partial charge in [0.25, 0.3) is 5.91 Å². The first-order valence-electron chi connectivity index (χ1n) is 8.30. The number of carbonyl (C=O) groups excluding carboxylic acids is 2. The molecular weight excluding hydrogens is 377 g/mol. The van der Waals surface area contributed by atoms with Gasteiger partial charge in [0.15, 0.2) is 6.54 Å². The molecule has 1 atom stereocenters. The Balaban J connectivity index is 1.84. The Labute approximate surface area is 159 Å². The number of alkyl halides is 3. The van der Waals surface area contributed by atoms with E-state index in [1.807, 2.05) is 7.05 Å². The van der Waals surface area contributed by atoms with Crippen molar-refractivity contribution in [1.29, 1.82) is 0 Å². The molecular formula is C19H20F3N2O4+. The Hall–Kier alpha value is -3.07. The molecule has 6 nitrogen and oxygen atoms in total. The molecule has 1 amide bonds. The predicted molar refractivity (Wildman–Crippen MR) is 95.0 cm³/mol. The number of amides is 1. The maximum Gasteiger partial charge on any atom is 0.573 e. The molecule has 0 radical (unpaired) electrons. The van der Waals surface area contributed by atoms with Gasteiger partial charge in [-0.2, -0.15) is 0 Å². The van der Waals surface area contributed by atoms with Gasteiger partial charge in [-0.25, -0.2) is 4.79 Å². The molecule has 2 N–H and O–H groups in total. The van der Waals surface area contributed by atoms with Crippen LogP contribution >= 0.6 is 0 Å². The number of nitrogens with one attached hydrogen (secondary N) is 2. The van der Waals surface area contributed by atoms with Crippen LogP contribution in [0.25, 0.3) is 0 Å². The van der Waals surface area contributed by atoms with Crippen molar-refractivity contribution in [2.75, 3.05) is 26.0 Å². The highest BCUT2D eigenvalue weighted by atomic mass is 19.4. The highest BCUT2D eigenvalue weighted by Gasteiger charge is 2.31. The summed E-state index contributed by atoms with van der Waals surface area (Å²) in [5.74, 6) is -1.06. The van der Waals surface area contributed by atoms with Gasteiger partial charge in [-0.05, 0) is 36.4 Å². The largest absolute Gasteiger partial charge is 0.573 e. The van der Waals surface area contributed by atoms with Crippen LogP contribution in [0.4, 0.5) is 18.9 Å². The standard InChI is InChI=1S/C19H19F3N2O4/c1-24(11-13-3-5-14(6-4-13)18(26)27-2)12-17(25)23-15-7-9-16(10-8-15)28-19(20,21)22/h3-10H,11-12H2,1-2H3,(H,23,25)/p+1. The first-order chi connectivity index (χ1) is 13.2. The second-order valence-corrected chi connectivity index (χ2v) is 6.12. The first-order valence-corrected chi connectivity index (χ1v) is 8.30. The van der Waals surface area contributed by atoms with Gasteiger partial charge < -0.3 is 19.7 Å². The Kier molecular flexibility index (Phi) is 7.00. The molecule has 2 aromatic rings. The van der Waals surface area contributed by atoms with Crippen LogP contribution in [0.1, 0.15) is 15.9 Å². The van der Waals surface area contributed by atoms with Gasteiger partial charge in [0.1, 0.15) is 12.3 Å². The molecule has 0 aliphatic carbocycles. The average molecular weight is 397 g/mol. The Bertz CT molecular complexity index is 805. The van der Waals surface area contributed by atoms with E-state index in [4.69, 9.17) is 0 Å². The van der Waals surface area contributed by atoms with Crippen molar-refractivity contribution in [3.05, 3.63) is 59.7 Å². The lowest BCUT2D eigenvalue weighted by Gasteiger charge is -2.14. The molecule has 0 saturated carbocycles. The van der Waals surface area contributed by atoms with E-state index >= 15 is 0 Å². The summed E-state index contributed by atoms with van der Waals surface area (Å²) in [6.07, 6.45) is -4.76. The molecule has 2 rings (SSSR count). The van der Waals surface area contributed by atoms with Gasteiger partial charge in [-0.1, -0.05) is 12.1 Å². The van der Waals surface area contributed by atoms with Crippen LogP contribution in [0.2, 0.25) is 0 Å². The quantitative estimate of drug-likeness (QED) is 0.702. The lowest BCUT2D eigenvalue weighted by atomic mass is 10.1. The van der Waals surface area contributed by atoms with Gasteiger partial charge >= 0.3 is 12.3 Å². The molecule has 0 spiro atoms. The molecule has 9 heteroatoms. The summed E-state index contributed by atoms with van der Waals surface area (Å²) in [7, 11) is 3.14. The van der Waals surface area contributed by atoms with Crippen molar-refractivity contribution in [2.24, 2.45) is 0 Å². The summed E-state index contributed by atoms with van der Waals surface area (Å²) < 4.78 is 44.8. The maximum atomic E-state index is 12.1. The number of halogens is 3. The lowest BCUT2D eigenvalue weighted by Crippen LogP contribution is -3.08. The predicted octanol–water partition coefficient (Wildman–Crippen LogP) is 2.03. The molecule has 28 heavy (non-hydrogen) atoms. The average Bonchev–Trinajstić information content (AvgIpc) is 2.62. The van der Waals surface area contributed by atoms with E-state index < -0.39 is 12.3 Å². The second-order valence-electron chi connectivity index (χ2n) is 6.12. The minimum absolute atomic E-state index is 0.152. The zero-order valence-corrected chi connectivity index (χ0v) is 15.3. The van der Waals surface area contributed by atoms with E-state index in [2.05, 4.69) is 14.8 Å². The Morgan fingerprint density at radius 3 is 2.18 bits per heavy atom. The zero-order valence-electron chi connectivity index (χ0n) is 15.3. The van der Waals surface area contributed by atoms with Crippen molar-refractivity contribution in [3.63, 3.8) is 0 Å². The molecule has 0 aromatic heterocycles. The minimum atomic E-state index is -4.76. The monoisotopic (exact) mass is 397 g/mol. The Morgan fingerprint density at radius 1 is 1.04 bits per heavy atom. The van der Waals surface area contributed by atoms with Crippen LogP contribution in [-0.4, -0.2) is 38.9 Å². The highest BCUT2D eigenvalue weighted by molar-refractivity contribution is 5.91. The van der Waals surface area contributed by atoms with Gasteiger partial charge in [0.2, 0.25) is 0 Å². The zero-order chi connectivity index (χ0) is 20.7. The van der Waals surface area contributed by atoms with Crippen LogP contribution in [0.3, 0.4) is 0 Å². The number of esters is 1. The SMILES string of the molecule is COC(=O)c1ccc(C[NH+](C)CC(=O)Nc2ccc(OC(F)(F)F)cc2)cc1. The number of hydrogen-bond donors (Lipinski definition) is 2. The van der Waals surface area contributed by atoms with E-state index in [1.165, 1.54) is 19.2 Å². The molecule has 0 aliphatic heterocycles. The number of methoxy groups -OCH3 is 1. The summed E-state index contributed by atoms with van der Waals surface area (Å²) in [6, 6.07) is 11.8. The van der Waals surface area contributed by atoms with Crippen LogP contribution in [0, 0.1) is 0 Å². The van der Waals surface area contributed by atoms with Gasteiger partial charge in [-0.15, -0.1) is 13.2 Å². The van der Waals surface area contributed by atoms with E-state index in [9.17, 15) is 22.8 Å². The van der Waals surface area contributed by atoms with Crippen LogP contribution < -0.4 is 15.0 Å². The fourth-order valence-corrected chi connectivity index (χ4v) is 2.51. The number of likely N-dealkylation sites (N-methyl/N-ethyl adjacent to an activating group) is 1. The van der Waals surface area contributed by atoms with Crippen molar-refractivity contribution in [1.82, 2.24) is 0 Å².